The highest BCUT2D eigenvalue weighted by Crippen LogP contribution is 2.16. The highest BCUT2D eigenvalue weighted by molar-refractivity contribution is 7.12. The minimum atomic E-state index is -0.151. The molecule has 0 aliphatic carbocycles. The maximum atomic E-state index is 12.0. The van der Waals surface area contributed by atoms with Crippen molar-refractivity contribution in [2.75, 3.05) is 0 Å². The number of benzene rings is 1. The number of thiophene rings is 1. The Kier molecular flexibility index (Phi) is 3.05. The van der Waals surface area contributed by atoms with E-state index in [4.69, 9.17) is 0 Å². The molecule has 3 rings (SSSR count). The SMILES string of the molecule is C[C@@H](NC(=O)c1cccs1)c1nc2ccccc2[nH]1. The second-order valence-corrected chi connectivity index (χ2v) is 5.26. The fraction of sp³-hybridized carbons (Fsp3) is 0.143. The molecule has 3 aromatic rings. The Bertz CT molecular complexity index is 669. The molecule has 2 aromatic heterocycles. The van der Waals surface area contributed by atoms with E-state index in [-0.39, 0.29) is 11.9 Å². The summed E-state index contributed by atoms with van der Waals surface area (Å²) < 4.78 is 0. The van der Waals surface area contributed by atoms with Gasteiger partial charge in [-0.25, -0.2) is 4.98 Å². The van der Waals surface area contributed by atoms with E-state index in [2.05, 4.69) is 15.3 Å². The lowest BCUT2D eigenvalue weighted by Crippen LogP contribution is -2.26. The van der Waals surface area contributed by atoms with Crippen LogP contribution in [0.2, 0.25) is 0 Å². The largest absolute Gasteiger partial charge is 0.342 e. The van der Waals surface area contributed by atoms with Gasteiger partial charge in [0, 0.05) is 0 Å². The highest BCUT2D eigenvalue weighted by atomic mass is 32.1. The van der Waals surface area contributed by atoms with E-state index in [1.807, 2.05) is 48.7 Å². The fourth-order valence-corrected chi connectivity index (χ4v) is 2.55. The molecule has 1 atom stereocenters. The van der Waals surface area contributed by atoms with Gasteiger partial charge in [0.1, 0.15) is 5.82 Å². The number of para-hydroxylation sites is 2. The third-order valence-electron chi connectivity index (χ3n) is 2.91. The van der Waals surface area contributed by atoms with Crippen molar-refractivity contribution >= 4 is 28.3 Å². The molecule has 5 heteroatoms. The Morgan fingerprint density at radius 1 is 1.32 bits per heavy atom. The lowest BCUT2D eigenvalue weighted by molar-refractivity contribution is 0.0942. The fourth-order valence-electron chi connectivity index (χ4n) is 1.92. The number of aromatic nitrogens is 2. The van der Waals surface area contributed by atoms with Gasteiger partial charge in [-0.05, 0) is 30.5 Å². The molecule has 1 amide bonds. The topological polar surface area (TPSA) is 57.8 Å². The molecule has 0 fully saturated rings. The molecule has 2 heterocycles. The summed E-state index contributed by atoms with van der Waals surface area (Å²) in [4.78, 5) is 20.4. The summed E-state index contributed by atoms with van der Waals surface area (Å²) in [6, 6.07) is 11.3. The van der Waals surface area contributed by atoms with Crippen molar-refractivity contribution in [3.63, 3.8) is 0 Å². The number of nitrogens with one attached hydrogen (secondary N) is 2. The maximum Gasteiger partial charge on any atom is 0.261 e. The van der Waals surface area contributed by atoms with E-state index in [1.54, 1.807) is 0 Å². The summed E-state index contributed by atoms with van der Waals surface area (Å²) in [5.41, 5.74) is 1.89. The van der Waals surface area contributed by atoms with E-state index in [9.17, 15) is 4.79 Å². The zero-order chi connectivity index (χ0) is 13.2. The van der Waals surface area contributed by atoms with E-state index in [0.717, 1.165) is 16.9 Å². The number of imidazole rings is 1. The second kappa shape index (κ2) is 4.85. The van der Waals surface area contributed by atoms with Crippen LogP contribution in [-0.2, 0) is 0 Å². The molecule has 0 unspecified atom stereocenters. The normalized spacial score (nSPS) is 12.5. The van der Waals surface area contributed by atoms with Crippen LogP contribution in [0.3, 0.4) is 0 Å². The Labute approximate surface area is 114 Å². The van der Waals surface area contributed by atoms with Crippen LogP contribution in [0.4, 0.5) is 0 Å². The molecule has 2 N–H and O–H groups in total. The lowest BCUT2D eigenvalue weighted by Gasteiger charge is -2.10. The number of H-pyrrole nitrogens is 1. The minimum Gasteiger partial charge on any atom is -0.342 e. The molecule has 0 bridgehead atoms. The van der Waals surface area contributed by atoms with Crippen LogP contribution in [0.25, 0.3) is 11.0 Å². The molecule has 96 valence electrons. The van der Waals surface area contributed by atoms with Crippen molar-refractivity contribution < 1.29 is 4.79 Å². The second-order valence-electron chi connectivity index (χ2n) is 4.31. The predicted molar refractivity (Wildman–Crippen MR) is 76.3 cm³/mol. The van der Waals surface area contributed by atoms with Gasteiger partial charge in [0.25, 0.3) is 5.91 Å². The number of carbonyl (C=O) groups excluding carboxylic acids is 1. The van der Waals surface area contributed by atoms with Gasteiger partial charge in [-0.1, -0.05) is 18.2 Å². The Morgan fingerprint density at radius 3 is 2.89 bits per heavy atom. The summed E-state index contributed by atoms with van der Waals surface area (Å²) in [7, 11) is 0. The number of aromatic amines is 1. The van der Waals surface area contributed by atoms with Crippen LogP contribution in [-0.4, -0.2) is 15.9 Å². The number of nitrogens with zero attached hydrogens (tertiary/aromatic N) is 1. The summed E-state index contributed by atoms with van der Waals surface area (Å²) in [6.07, 6.45) is 0. The van der Waals surface area contributed by atoms with Gasteiger partial charge in [0.2, 0.25) is 0 Å². The van der Waals surface area contributed by atoms with Crippen molar-refractivity contribution in [3.8, 4) is 0 Å². The molecule has 0 aliphatic heterocycles. The van der Waals surface area contributed by atoms with Crippen LogP contribution in [0, 0.1) is 0 Å². The minimum absolute atomic E-state index is 0.0667. The third-order valence-corrected chi connectivity index (χ3v) is 3.78. The number of amides is 1. The van der Waals surface area contributed by atoms with Crippen molar-refractivity contribution in [1.29, 1.82) is 0 Å². The van der Waals surface area contributed by atoms with Gasteiger partial charge in [-0.15, -0.1) is 11.3 Å². The van der Waals surface area contributed by atoms with Crippen molar-refractivity contribution in [1.82, 2.24) is 15.3 Å². The Morgan fingerprint density at radius 2 is 2.16 bits per heavy atom. The number of fused-ring (bicyclic) bond motifs is 1. The van der Waals surface area contributed by atoms with Gasteiger partial charge in [-0.2, -0.15) is 0 Å². The van der Waals surface area contributed by atoms with Crippen molar-refractivity contribution in [3.05, 3.63) is 52.5 Å². The Hall–Kier alpha value is -2.14. The zero-order valence-corrected chi connectivity index (χ0v) is 11.2. The molecular formula is C14H13N3OS. The zero-order valence-electron chi connectivity index (χ0n) is 10.4. The van der Waals surface area contributed by atoms with Crippen LogP contribution >= 0.6 is 11.3 Å². The number of rotatable bonds is 3. The summed E-state index contributed by atoms with van der Waals surface area (Å²) >= 11 is 1.43. The standard InChI is InChI=1S/C14H13N3OS/c1-9(15-14(18)12-7-4-8-19-12)13-16-10-5-2-3-6-11(10)17-13/h2-9H,1H3,(H,15,18)(H,16,17)/t9-/m1/s1. The number of hydrogen-bond acceptors (Lipinski definition) is 3. The summed E-state index contributed by atoms with van der Waals surface area (Å²) in [5, 5.41) is 4.83. The third kappa shape index (κ3) is 2.37. The molecular weight excluding hydrogens is 258 g/mol. The Balaban J connectivity index is 1.80. The van der Waals surface area contributed by atoms with Gasteiger partial charge in [0.05, 0.1) is 22.0 Å². The molecule has 19 heavy (non-hydrogen) atoms. The van der Waals surface area contributed by atoms with E-state index in [0.29, 0.717) is 4.88 Å². The van der Waals surface area contributed by atoms with Gasteiger partial charge in [-0.3, -0.25) is 4.79 Å². The maximum absolute atomic E-state index is 12.0. The lowest BCUT2D eigenvalue weighted by atomic mass is 10.3. The first-order valence-corrected chi connectivity index (χ1v) is 6.91. The van der Waals surface area contributed by atoms with E-state index >= 15 is 0 Å². The quantitative estimate of drug-likeness (QED) is 0.769. The molecule has 0 saturated heterocycles. The van der Waals surface area contributed by atoms with Crippen molar-refractivity contribution in [2.24, 2.45) is 0 Å². The molecule has 0 aliphatic rings. The van der Waals surface area contributed by atoms with Gasteiger partial charge in [0.15, 0.2) is 0 Å². The smallest absolute Gasteiger partial charge is 0.261 e. The van der Waals surface area contributed by atoms with Crippen LogP contribution in [0.15, 0.2) is 41.8 Å². The highest BCUT2D eigenvalue weighted by Gasteiger charge is 2.15. The number of carbonyl (C=O) groups is 1. The predicted octanol–water partition coefficient (Wildman–Crippen LogP) is 3.12. The first-order valence-electron chi connectivity index (χ1n) is 6.03. The molecule has 0 spiro atoms. The average Bonchev–Trinajstić information content (AvgIpc) is 3.07. The first kappa shape index (κ1) is 11.9. The van der Waals surface area contributed by atoms with E-state index in [1.165, 1.54) is 11.3 Å². The van der Waals surface area contributed by atoms with Crippen molar-refractivity contribution in [2.45, 2.75) is 13.0 Å². The molecule has 0 radical (unpaired) electrons. The summed E-state index contributed by atoms with van der Waals surface area (Å²) in [6.45, 7) is 1.92. The van der Waals surface area contributed by atoms with Gasteiger partial charge >= 0.3 is 0 Å². The first-order chi connectivity index (χ1) is 9.24. The molecule has 0 saturated carbocycles. The van der Waals surface area contributed by atoms with Crippen LogP contribution in [0.1, 0.15) is 28.5 Å². The monoisotopic (exact) mass is 271 g/mol. The summed E-state index contributed by atoms with van der Waals surface area (Å²) in [5.74, 6) is 0.703. The van der Waals surface area contributed by atoms with Crippen LogP contribution in [0.5, 0.6) is 0 Å². The van der Waals surface area contributed by atoms with E-state index < -0.39 is 0 Å². The molecule has 4 nitrogen and oxygen atoms in total. The molecule has 1 aromatic carbocycles. The van der Waals surface area contributed by atoms with Crippen LogP contribution < -0.4 is 5.32 Å². The average molecular weight is 271 g/mol. The van der Waals surface area contributed by atoms with Gasteiger partial charge < -0.3 is 10.3 Å². The number of hydrogen-bond donors (Lipinski definition) is 2.